The summed E-state index contributed by atoms with van der Waals surface area (Å²) in [4.78, 5) is 20.2. The number of carbonyl (C=O) groups is 1. The third-order valence-corrected chi connectivity index (χ3v) is 6.30. The fraction of sp³-hybridized carbons (Fsp3) is 0.136. The van der Waals surface area contributed by atoms with Crippen molar-refractivity contribution in [3.8, 4) is 5.75 Å². The van der Waals surface area contributed by atoms with Crippen LogP contribution in [0.5, 0.6) is 5.75 Å². The topological polar surface area (TPSA) is 105 Å². The van der Waals surface area contributed by atoms with E-state index in [2.05, 4.69) is 32.5 Å². The molecule has 3 N–H and O–H groups in total. The van der Waals surface area contributed by atoms with Gasteiger partial charge in [-0.3, -0.25) is 4.79 Å². The van der Waals surface area contributed by atoms with Crippen LogP contribution in [0.4, 0.5) is 33.2 Å². The van der Waals surface area contributed by atoms with Crippen LogP contribution in [0.2, 0.25) is 5.02 Å². The summed E-state index contributed by atoms with van der Waals surface area (Å²) in [6.07, 6.45) is 2.40. The van der Waals surface area contributed by atoms with E-state index in [1.54, 1.807) is 37.6 Å². The molecule has 33 heavy (non-hydrogen) atoms. The maximum atomic E-state index is 14.3. The van der Waals surface area contributed by atoms with E-state index in [1.807, 2.05) is 0 Å². The van der Waals surface area contributed by atoms with Crippen LogP contribution < -0.4 is 26.0 Å². The molecule has 0 saturated carbocycles. The van der Waals surface area contributed by atoms with Gasteiger partial charge in [-0.2, -0.15) is 4.98 Å². The Labute approximate surface area is 195 Å². The van der Waals surface area contributed by atoms with Gasteiger partial charge >= 0.3 is 0 Å². The van der Waals surface area contributed by atoms with Gasteiger partial charge in [0.05, 0.1) is 24.7 Å². The molecule has 1 amide bonds. The molecule has 1 heterocycles. The first-order valence-corrected chi connectivity index (χ1v) is 12.6. The fourth-order valence-electron chi connectivity index (χ4n) is 2.97. The summed E-state index contributed by atoms with van der Waals surface area (Å²) in [5.74, 6) is -0.840. The highest BCUT2D eigenvalue weighted by Gasteiger charge is 2.19. The highest BCUT2D eigenvalue weighted by Crippen LogP contribution is 2.39. The zero-order valence-corrected chi connectivity index (χ0v) is 19.8. The third-order valence-electron chi connectivity index (χ3n) is 4.47. The number of nitrogens with zero attached hydrogens (tertiary/aromatic N) is 2. The number of para-hydroxylation sites is 1. The van der Waals surface area contributed by atoms with Crippen molar-refractivity contribution in [3.63, 3.8) is 0 Å². The van der Waals surface area contributed by atoms with Crippen LogP contribution in [0, 0.1) is 5.82 Å². The molecule has 0 bridgehead atoms. The molecular weight excluding hydrogens is 468 g/mol. The molecule has 172 valence electrons. The normalized spacial score (nSPS) is 10.9. The number of halogens is 2. The van der Waals surface area contributed by atoms with Crippen LogP contribution in [0.1, 0.15) is 0 Å². The molecule has 2 aromatic carbocycles. The number of rotatable bonds is 8. The molecule has 0 saturated heterocycles. The molecular formula is C22H22ClFN5O3P. The van der Waals surface area contributed by atoms with E-state index in [1.165, 1.54) is 19.4 Å². The molecule has 3 rings (SSSR count). The number of anilines is 5. The number of carbonyl (C=O) groups excluding carboxylic acids is 1. The summed E-state index contributed by atoms with van der Waals surface area (Å²) in [5, 5.41) is 9.31. The molecule has 0 aliphatic rings. The summed E-state index contributed by atoms with van der Waals surface area (Å²) >= 11 is 6.28. The first kappa shape index (κ1) is 24.2. The predicted octanol–water partition coefficient (Wildman–Crippen LogP) is 5.14. The minimum absolute atomic E-state index is 0.0431. The van der Waals surface area contributed by atoms with E-state index in [0.717, 1.165) is 12.1 Å². The maximum Gasteiger partial charge on any atom is 0.247 e. The van der Waals surface area contributed by atoms with E-state index in [-0.39, 0.29) is 28.2 Å². The van der Waals surface area contributed by atoms with Crippen LogP contribution in [0.25, 0.3) is 0 Å². The lowest BCUT2D eigenvalue weighted by molar-refractivity contribution is -0.111. The Kier molecular flexibility index (Phi) is 7.36. The Hall–Kier alpha value is -3.42. The van der Waals surface area contributed by atoms with Crippen LogP contribution in [0.15, 0.2) is 55.3 Å². The number of hydrogen-bond donors (Lipinski definition) is 3. The van der Waals surface area contributed by atoms with Gasteiger partial charge in [-0.05, 0) is 43.7 Å². The van der Waals surface area contributed by atoms with E-state index in [4.69, 9.17) is 16.3 Å². The zero-order valence-electron chi connectivity index (χ0n) is 18.1. The summed E-state index contributed by atoms with van der Waals surface area (Å²) in [7, 11) is -1.23. The van der Waals surface area contributed by atoms with Gasteiger partial charge in [0.1, 0.15) is 17.9 Å². The molecule has 1 aromatic heterocycles. The average Bonchev–Trinajstić information content (AvgIpc) is 2.78. The Morgan fingerprint density at radius 2 is 1.91 bits per heavy atom. The van der Waals surface area contributed by atoms with Gasteiger partial charge in [-0.1, -0.05) is 30.3 Å². The van der Waals surface area contributed by atoms with Crippen LogP contribution in [0.3, 0.4) is 0 Å². The first-order chi connectivity index (χ1) is 15.6. The van der Waals surface area contributed by atoms with E-state index < -0.39 is 18.9 Å². The van der Waals surface area contributed by atoms with Gasteiger partial charge in [0.25, 0.3) is 0 Å². The Bertz CT molecular complexity index is 1260. The number of amides is 1. The average molecular weight is 490 g/mol. The summed E-state index contributed by atoms with van der Waals surface area (Å²) in [5.41, 5.74) is 0.750. The lowest BCUT2D eigenvalue weighted by Gasteiger charge is -2.17. The quantitative estimate of drug-likeness (QED) is 0.297. The van der Waals surface area contributed by atoms with Gasteiger partial charge < -0.3 is 25.3 Å². The maximum absolute atomic E-state index is 14.3. The molecule has 0 atom stereocenters. The molecule has 3 aromatic rings. The van der Waals surface area contributed by atoms with Gasteiger partial charge in [0.15, 0.2) is 17.4 Å². The standard InChI is InChI=1S/C22H22ClFN5O3P/c1-5-18(30)28-19-14(24)10-11-16(20(19)32-2)27-22-25-12-13(23)21(29-22)26-15-8-6-7-9-17(15)33(3,4)31/h5-12H,1H2,2-4H3,(H,28,30)(H2,25,26,27,29). The second kappa shape index (κ2) is 10.0. The molecule has 8 nitrogen and oxygen atoms in total. The van der Waals surface area contributed by atoms with Crippen molar-refractivity contribution < 1.29 is 18.5 Å². The van der Waals surface area contributed by atoms with Gasteiger partial charge in [-0.15, -0.1) is 0 Å². The van der Waals surface area contributed by atoms with Gasteiger partial charge in [-0.25, -0.2) is 9.37 Å². The van der Waals surface area contributed by atoms with Gasteiger partial charge in [0.2, 0.25) is 11.9 Å². The van der Waals surface area contributed by atoms with Gasteiger partial charge in [0, 0.05) is 5.30 Å². The molecule has 0 aliphatic carbocycles. The Morgan fingerprint density at radius 1 is 1.18 bits per heavy atom. The number of nitrogens with one attached hydrogen (secondary N) is 3. The van der Waals surface area contributed by atoms with Crippen molar-refractivity contribution in [2.45, 2.75) is 0 Å². The first-order valence-electron chi connectivity index (χ1n) is 9.65. The molecule has 11 heteroatoms. The second-order valence-electron chi connectivity index (χ2n) is 7.20. The zero-order chi connectivity index (χ0) is 24.2. The smallest absolute Gasteiger partial charge is 0.247 e. The minimum Gasteiger partial charge on any atom is -0.492 e. The number of benzene rings is 2. The van der Waals surface area contributed by atoms with Crippen molar-refractivity contribution in [1.29, 1.82) is 0 Å². The number of ether oxygens (including phenoxy) is 1. The van der Waals surface area contributed by atoms with Crippen LogP contribution >= 0.6 is 18.7 Å². The van der Waals surface area contributed by atoms with Crippen molar-refractivity contribution in [3.05, 3.63) is 66.1 Å². The van der Waals surface area contributed by atoms with Crippen LogP contribution in [-0.2, 0) is 9.36 Å². The number of methoxy groups -OCH3 is 1. The third kappa shape index (κ3) is 5.69. The summed E-state index contributed by atoms with van der Waals surface area (Å²) in [6.45, 7) is 6.70. The highest BCUT2D eigenvalue weighted by atomic mass is 35.5. The largest absolute Gasteiger partial charge is 0.492 e. The van der Waals surface area contributed by atoms with Crippen molar-refractivity contribution >= 4 is 58.8 Å². The molecule has 0 aliphatic heterocycles. The molecule has 0 spiro atoms. The second-order valence-corrected chi connectivity index (χ2v) is 10.8. The Morgan fingerprint density at radius 3 is 2.58 bits per heavy atom. The Balaban J connectivity index is 1.96. The fourth-order valence-corrected chi connectivity index (χ4v) is 4.27. The lowest BCUT2D eigenvalue weighted by Crippen LogP contribution is -2.12. The minimum atomic E-state index is -2.57. The monoisotopic (exact) mass is 489 g/mol. The predicted molar refractivity (Wildman–Crippen MR) is 131 cm³/mol. The summed E-state index contributed by atoms with van der Waals surface area (Å²) < 4.78 is 32.3. The molecule has 0 unspecified atom stereocenters. The SMILES string of the molecule is C=CC(=O)Nc1c(F)ccc(Nc2ncc(Cl)c(Nc3ccccc3P(C)(C)=O)n2)c1OC. The van der Waals surface area contributed by atoms with E-state index in [0.29, 0.717) is 16.7 Å². The number of aromatic nitrogens is 2. The lowest BCUT2D eigenvalue weighted by atomic mass is 10.2. The highest BCUT2D eigenvalue weighted by molar-refractivity contribution is 7.70. The van der Waals surface area contributed by atoms with E-state index >= 15 is 0 Å². The number of hydrogen-bond acceptors (Lipinski definition) is 7. The van der Waals surface area contributed by atoms with Crippen LogP contribution in [-0.4, -0.2) is 36.3 Å². The molecule has 0 radical (unpaired) electrons. The van der Waals surface area contributed by atoms with Crippen molar-refractivity contribution in [2.24, 2.45) is 0 Å². The van der Waals surface area contributed by atoms with Crippen molar-refractivity contribution in [1.82, 2.24) is 9.97 Å². The summed E-state index contributed by atoms with van der Waals surface area (Å²) in [6, 6.07) is 9.74. The van der Waals surface area contributed by atoms with E-state index in [9.17, 15) is 13.8 Å². The molecule has 0 fully saturated rings. The van der Waals surface area contributed by atoms with Crippen molar-refractivity contribution in [2.75, 3.05) is 36.4 Å².